The number of non-ortho nitro benzene ring substituents is 1. The number of nitro benzene ring substituents is 1. The molecule has 10 heteroatoms. The maximum Gasteiger partial charge on any atom is 0.336 e. The zero-order chi connectivity index (χ0) is 24.3. The summed E-state index contributed by atoms with van der Waals surface area (Å²) in [4.78, 5) is 34.3. The lowest BCUT2D eigenvalue weighted by Gasteiger charge is -2.07. The number of rotatable bonds is 9. The number of benzene rings is 3. The van der Waals surface area contributed by atoms with Crippen LogP contribution in [0, 0.1) is 10.1 Å². The first-order valence-corrected chi connectivity index (χ1v) is 10.6. The maximum atomic E-state index is 12.2. The lowest BCUT2D eigenvalue weighted by Crippen LogP contribution is -2.24. The van der Waals surface area contributed by atoms with Crippen LogP contribution in [0.15, 0.2) is 88.4 Å². The molecular formula is C24H18BrN3O6. The van der Waals surface area contributed by atoms with Crippen LogP contribution in [0.3, 0.4) is 0 Å². The van der Waals surface area contributed by atoms with Crippen molar-refractivity contribution < 1.29 is 24.0 Å². The Morgan fingerprint density at radius 2 is 1.79 bits per heavy atom. The molecule has 0 aromatic heterocycles. The number of hydrogen-bond donors (Lipinski definition) is 1. The average Bonchev–Trinajstić information content (AvgIpc) is 2.84. The van der Waals surface area contributed by atoms with Crippen molar-refractivity contribution >= 4 is 45.8 Å². The highest BCUT2D eigenvalue weighted by Gasteiger charge is 2.08. The molecule has 0 bridgehead atoms. The third-order valence-electron chi connectivity index (χ3n) is 4.20. The van der Waals surface area contributed by atoms with Gasteiger partial charge in [-0.15, -0.1) is 0 Å². The SMILES string of the molecule is O=C(COc1ccc([N+](=O)[O-])cc1)N/N=C/c1cc(Br)ccc1OC(=O)/C=C/c1ccccc1. The number of nitrogens with zero attached hydrogens (tertiary/aromatic N) is 2. The Bertz CT molecular complexity index is 1230. The number of carbonyl (C=O) groups is 2. The highest BCUT2D eigenvalue weighted by molar-refractivity contribution is 9.10. The summed E-state index contributed by atoms with van der Waals surface area (Å²) in [5, 5.41) is 14.5. The molecule has 3 aromatic rings. The van der Waals surface area contributed by atoms with E-state index in [1.165, 1.54) is 36.6 Å². The smallest absolute Gasteiger partial charge is 0.336 e. The van der Waals surface area contributed by atoms with Gasteiger partial charge in [-0.25, -0.2) is 10.2 Å². The molecule has 9 nitrogen and oxygen atoms in total. The van der Waals surface area contributed by atoms with Gasteiger partial charge in [0.15, 0.2) is 6.61 Å². The van der Waals surface area contributed by atoms with E-state index in [1.54, 1.807) is 24.3 Å². The molecule has 1 amide bonds. The van der Waals surface area contributed by atoms with Crippen LogP contribution in [0.4, 0.5) is 5.69 Å². The Morgan fingerprint density at radius 3 is 2.50 bits per heavy atom. The second-order valence-corrected chi connectivity index (χ2v) is 7.60. The van der Waals surface area contributed by atoms with Gasteiger partial charge < -0.3 is 9.47 Å². The topological polar surface area (TPSA) is 120 Å². The van der Waals surface area contributed by atoms with Crippen molar-refractivity contribution in [2.75, 3.05) is 6.61 Å². The minimum Gasteiger partial charge on any atom is -0.484 e. The minimum atomic E-state index is -0.568. The summed E-state index contributed by atoms with van der Waals surface area (Å²) in [6.45, 7) is -0.347. The Balaban J connectivity index is 1.55. The molecule has 172 valence electrons. The second-order valence-electron chi connectivity index (χ2n) is 6.68. The molecule has 0 aliphatic carbocycles. The fourth-order valence-electron chi connectivity index (χ4n) is 2.60. The van der Waals surface area contributed by atoms with E-state index in [-0.39, 0.29) is 18.0 Å². The van der Waals surface area contributed by atoms with Gasteiger partial charge in [-0.1, -0.05) is 46.3 Å². The van der Waals surface area contributed by atoms with Gasteiger partial charge in [0.2, 0.25) is 0 Å². The first kappa shape index (κ1) is 24.3. The van der Waals surface area contributed by atoms with E-state index in [2.05, 4.69) is 26.5 Å². The lowest BCUT2D eigenvalue weighted by atomic mass is 10.2. The fourth-order valence-corrected chi connectivity index (χ4v) is 2.98. The van der Waals surface area contributed by atoms with E-state index in [0.29, 0.717) is 11.3 Å². The van der Waals surface area contributed by atoms with Crippen LogP contribution in [0.2, 0.25) is 0 Å². The molecule has 0 fully saturated rings. The number of halogens is 1. The van der Waals surface area contributed by atoms with Crippen LogP contribution >= 0.6 is 15.9 Å². The Labute approximate surface area is 203 Å². The first-order valence-electron chi connectivity index (χ1n) is 9.84. The number of amides is 1. The molecule has 34 heavy (non-hydrogen) atoms. The number of esters is 1. The van der Waals surface area contributed by atoms with Crippen LogP contribution < -0.4 is 14.9 Å². The fraction of sp³-hybridized carbons (Fsp3) is 0.0417. The van der Waals surface area contributed by atoms with Crippen molar-refractivity contribution in [1.82, 2.24) is 5.43 Å². The van der Waals surface area contributed by atoms with Crippen LogP contribution in [0.1, 0.15) is 11.1 Å². The molecule has 1 N–H and O–H groups in total. The van der Waals surface area contributed by atoms with E-state index in [4.69, 9.17) is 9.47 Å². The van der Waals surface area contributed by atoms with E-state index in [0.717, 1.165) is 10.0 Å². The highest BCUT2D eigenvalue weighted by atomic mass is 79.9. The molecule has 0 radical (unpaired) electrons. The molecule has 3 aromatic carbocycles. The molecule has 0 unspecified atom stereocenters. The monoisotopic (exact) mass is 523 g/mol. The van der Waals surface area contributed by atoms with Gasteiger partial charge in [0.25, 0.3) is 11.6 Å². The van der Waals surface area contributed by atoms with Gasteiger partial charge in [-0.3, -0.25) is 14.9 Å². The van der Waals surface area contributed by atoms with Gasteiger partial charge in [0.1, 0.15) is 11.5 Å². The van der Waals surface area contributed by atoms with Gasteiger partial charge in [-0.2, -0.15) is 5.10 Å². The van der Waals surface area contributed by atoms with E-state index in [1.807, 2.05) is 30.3 Å². The summed E-state index contributed by atoms with van der Waals surface area (Å²) in [5.41, 5.74) is 3.53. The number of nitro groups is 1. The van der Waals surface area contributed by atoms with Crippen molar-refractivity contribution in [2.24, 2.45) is 5.10 Å². The number of nitrogens with one attached hydrogen (secondary N) is 1. The maximum absolute atomic E-state index is 12.2. The molecule has 0 spiro atoms. The third kappa shape index (κ3) is 7.68. The second kappa shape index (κ2) is 12.1. The van der Waals surface area contributed by atoms with Crippen molar-refractivity contribution in [2.45, 2.75) is 0 Å². The largest absolute Gasteiger partial charge is 0.484 e. The van der Waals surface area contributed by atoms with E-state index >= 15 is 0 Å². The molecule has 0 saturated heterocycles. The number of carbonyl (C=O) groups excluding carboxylic acids is 2. The van der Waals surface area contributed by atoms with E-state index < -0.39 is 16.8 Å². The summed E-state index contributed by atoms with van der Waals surface area (Å²) in [6, 6.07) is 19.6. The highest BCUT2D eigenvalue weighted by Crippen LogP contribution is 2.22. The molecule has 0 aliphatic rings. The predicted molar refractivity (Wildman–Crippen MR) is 130 cm³/mol. The molecule has 0 aliphatic heterocycles. The van der Waals surface area contributed by atoms with E-state index in [9.17, 15) is 19.7 Å². The molecule has 0 heterocycles. The van der Waals surface area contributed by atoms with Crippen LogP contribution in [0.25, 0.3) is 6.08 Å². The molecule has 0 atom stereocenters. The number of ether oxygens (including phenoxy) is 2. The molecule has 0 saturated carbocycles. The van der Waals surface area contributed by atoms with Crippen molar-refractivity contribution in [3.63, 3.8) is 0 Å². The predicted octanol–water partition coefficient (Wildman–Crippen LogP) is 4.51. The quantitative estimate of drug-likeness (QED) is 0.110. The van der Waals surface area contributed by atoms with Crippen molar-refractivity contribution in [1.29, 1.82) is 0 Å². The molecule has 3 rings (SSSR count). The van der Waals surface area contributed by atoms with Gasteiger partial charge in [0.05, 0.1) is 11.1 Å². The van der Waals surface area contributed by atoms with Crippen molar-refractivity contribution in [3.8, 4) is 11.5 Å². The van der Waals surface area contributed by atoms with Crippen LogP contribution in [-0.4, -0.2) is 29.6 Å². The number of hydrazone groups is 1. The summed E-state index contributed by atoms with van der Waals surface area (Å²) < 4.78 is 11.4. The summed E-state index contributed by atoms with van der Waals surface area (Å²) in [7, 11) is 0. The Kier molecular flexibility index (Phi) is 8.64. The number of hydrogen-bond acceptors (Lipinski definition) is 7. The summed E-state index contributed by atoms with van der Waals surface area (Å²) in [5.74, 6) is -0.559. The zero-order valence-corrected chi connectivity index (χ0v) is 19.2. The van der Waals surface area contributed by atoms with Crippen LogP contribution in [-0.2, 0) is 9.59 Å². The normalized spacial score (nSPS) is 10.9. The summed E-state index contributed by atoms with van der Waals surface area (Å²) >= 11 is 3.34. The van der Waals surface area contributed by atoms with Crippen molar-refractivity contribution in [3.05, 3.63) is 105 Å². The lowest BCUT2D eigenvalue weighted by molar-refractivity contribution is -0.384. The third-order valence-corrected chi connectivity index (χ3v) is 4.70. The van der Waals surface area contributed by atoms with Gasteiger partial charge >= 0.3 is 5.97 Å². The van der Waals surface area contributed by atoms with Gasteiger partial charge in [-0.05, 0) is 42.0 Å². The summed E-state index contributed by atoms with van der Waals surface area (Å²) in [6.07, 6.45) is 4.29. The standard InChI is InChI=1S/C24H18BrN3O6/c25-19-7-12-22(34-24(30)13-6-17-4-2-1-3-5-17)18(14-19)15-26-27-23(29)16-33-21-10-8-20(9-11-21)28(31)32/h1-15H,16H2,(H,27,29)/b13-6+,26-15+. The van der Waals surface area contributed by atoms with Gasteiger partial charge in [0, 0.05) is 28.2 Å². The minimum absolute atomic E-state index is 0.0810. The Morgan fingerprint density at radius 1 is 1.06 bits per heavy atom. The first-order chi connectivity index (χ1) is 16.4. The Hall–Kier alpha value is -4.31. The average molecular weight is 524 g/mol. The molecular weight excluding hydrogens is 506 g/mol. The van der Waals surface area contributed by atoms with Crippen LogP contribution in [0.5, 0.6) is 11.5 Å². The zero-order valence-electron chi connectivity index (χ0n) is 17.6.